The highest BCUT2D eigenvalue weighted by molar-refractivity contribution is 4.75. The van der Waals surface area contributed by atoms with Gasteiger partial charge in [-0.2, -0.15) is 0 Å². The molecule has 12 heavy (non-hydrogen) atoms. The van der Waals surface area contributed by atoms with Crippen LogP contribution < -0.4 is 0 Å². The summed E-state index contributed by atoms with van der Waals surface area (Å²) in [5.41, 5.74) is 0. The van der Waals surface area contributed by atoms with Crippen molar-refractivity contribution in [3.05, 3.63) is 4.91 Å². The van der Waals surface area contributed by atoms with E-state index >= 15 is 0 Å². The zero-order chi connectivity index (χ0) is 8.97. The van der Waals surface area contributed by atoms with Crippen LogP contribution in [0.1, 0.15) is 32.6 Å². The second-order valence-electron chi connectivity index (χ2n) is 3.48. The molecule has 0 aromatic heterocycles. The van der Waals surface area contributed by atoms with Gasteiger partial charge in [-0.15, -0.1) is 4.91 Å². The Balaban J connectivity index is 2.41. The smallest absolute Gasteiger partial charge is 0.0532 e. The minimum absolute atomic E-state index is 0.163. The third-order valence-corrected chi connectivity index (χ3v) is 2.31. The molecule has 0 aromatic rings. The molecule has 2 atom stereocenters. The van der Waals surface area contributed by atoms with Crippen molar-refractivity contribution >= 4 is 0 Å². The number of aliphatic hydroxyl groups excluding tert-OH is 1. The maximum absolute atomic E-state index is 10.3. The number of hydrogen-bond acceptors (Lipinski definition) is 3. The summed E-state index contributed by atoms with van der Waals surface area (Å²) in [4.78, 5) is 10.3. The van der Waals surface area contributed by atoms with Gasteiger partial charge in [0.25, 0.3) is 0 Å². The molecular weight excluding hydrogens is 156 g/mol. The monoisotopic (exact) mass is 172 g/mol. The molecule has 0 bridgehead atoms. The summed E-state index contributed by atoms with van der Waals surface area (Å²) in [6.45, 7) is 2.50. The minimum atomic E-state index is -0.336. The van der Waals surface area contributed by atoms with E-state index < -0.39 is 0 Å². The Bertz CT molecular complexity index is 150. The molecule has 1 rings (SSSR count). The van der Waals surface area contributed by atoms with Crippen molar-refractivity contribution in [3.63, 3.8) is 0 Å². The SMILES string of the molecule is CC(O)CC1CCCCN1N=O. The van der Waals surface area contributed by atoms with Gasteiger partial charge >= 0.3 is 0 Å². The van der Waals surface area contributed by atoms with Crippen molar-refractivity contribution in [2.24, 2.45) is 5.29 Å². The van der Waals surface area contributed by atoms with Crippen LogP contribution in [0.3, 0.4) is 0 Å². The molecule has 0 aliphatic carbocycles. The highest BCUT2D eigenvalue weighted by Crippen LogP contribution is 2.20. The van der Waals surface area contributed by atoms with Crippen LogP contribution in [0.2, 0.25) is 0 Å². The van der Waals surface area contributed by atoms with Crippen LogP contribution in [-0.2, 0) is 0 Å². The zero-order valence-corrected chi connectivity index (χ0v) is 7.44. The molecule has 0 amide bonds. The maximum atomic E-state index is 10.3. The van der Waals surface area contributed by atoms with E-state index in [2.05, 4.69) is 5.29 Å². The highest BCUT2D eigenvalue weighted by atomic mass is 16.3. The second kappa shape index (κ2) is 4.40. The molecule has 0 saturated carbocycles. The number of aliphatic hydroxyl groups is 1. The van der Waals surface area contributed by atoms with Gasteiger partial charge in [0.05, 0.1) is 17.4 Å². The van der Waals surface area contributed by atoms with Gasteiger partial charge in [-0.25, -0.2) is 0 Å². The van der Waals surface area contributed by atoms with E-state index in [-0.39, 0.29) is 12.1 Å². The predicted molar refractivity (Wildman–Crippen MR) is 46.4 cm³/mol. The first-order valence-corrected chi connectivity index (χ1v) is 4.52. The molecular formula is C8H16N2O2. The summed E-state index contributed by atoms with van der Waals surface area (Å²) in [5, 5.41) is 13.7. The molecule has 70 valence electrons. The highest BCUT2D eigenvalue weighted by Gasteiger charge is 2.23. The molecule has 0 radical (unpaired) electrons. The molecule has 4 nitrogen and oxygen atoms in total. The van der Waals surface area contributed by atoms with E-state index in [1.807, 2.05) is 0 Å². The molecule has 1 saturated heterocycles. The first kappa shape index (κ1) is 9.45. The number of piperidine rings is 1. The Labute approximate surface area is 72.5 Å². The van der Waals surface area contributed by atoms with E-state index in [4.69, 9.17) is 5.11 Å². The lowest BCUT2D eigenvalue weighted by molar-refractivity contribution is 0.0880. The van der Waals surface area contributed by atoms with Gasteiger partial charge in [-0.05, 0) is 32.6 Å². The van der Waals surface area contributed by atoms with Crippen molar-refractivity contribution < 1.29 is 5.11 Å². The molecule has 1 fully saturated rings. The van der Waals surface area contributed by atoms with Crippen LogP contribution in [0.25, 0.3) is 0 Å². The third kappa shape index (κ3) is 2.44. The maximum Gasteiger partial charge on any atom is 0.0532 e. The van der Waals surface area contributed by atoms with E-state index in [0.717, 1.165) is 25.8 Å². The number of nitrogens with zero attached hydrogens (tertiary/aromatic N) is 2. The molecule has 0 aromatic carbocycles. The second-order valence-corrected chi connectivity index (χ2v) is 3.48. The lowest BCUT2D eigenvalue weighted by atomic mass is 9.99. The predicted octanol–water partition coefficient (Wildman–Crippen LogP) is 1.29. The van der Waals surface area contributed by atoms with Crippen LogP contribution in [0.4, 0.5) is 0 Å². The van der Waals surface area contributed by atoms with Gasteiger partial charge in [0, 0.05) is 6.54 Å². The van der Waals surface area contributed by atoms with E-state index in [0.29, 0.717) is 6.42 Å². The van der Waals surface area contributed by atoms with E-state index in [1.165, 1.54) is 0 Å². The van der Waals surface area contributed by atoms with Gasteiger partial charge in [-0.3, -0.25) is 5.01 Å². The summed E-state index contributed by atoms with van der Waals surface area (Å²) in [6.07, 6.45) is 3.49. The molecule has 1 aliphatic rings. The fourth-order valence-corrected chi connectivity index (χ4v) is 1.73. The summed E-state index contributed by atoms with van der Waals surface area (Å²) in [7, 11) is 0. The Morgan fingerprint density at radius 3 is 3.00 bits per heavy atom. The van der Waals surface area contributed by atoms with Gasteiger partial charge in [0.2, 0.25) is 0 Å². The van der Waals surface area contributed by atoms with Gasteiger partial charge in [0.15, 0.2) is 0 Å². The van der Waals surface area contributed by atoms with Gasteiger partial charge in [-0.1, -0.05) is 0 Å². The summed E-state index contributed by atoms with van der Waals surface area (Å²) >= 11 is 0. The van der Waals surface area contributed by atoms with Crippen LogP contribution in [0, 0.1) is 4.91 Å². The number of nitroso groups, excluding NO2 is 1. The Hall–Kier alpha value is -0.640. The molecule has 1 heterocycles. The van der Waals surface area contributed by atoms with Crippen molar-refractivity contribution in [1.29, 1.82) is 0 Å². The molecule has 1 N–H and O–H groups in total. The Kier molecular flexibility index (Phi) is 3.47. The fraction of sp³-hybridized carbons (Fsp3) is 1.00. The van der Waals surface area contributed by atoms with Crippen LogP contribution in [-0.4, -0.2) is 28.8 Å². The Morgan fingerprint density at radius 2 is 2.42 bits per heavy atom. The van der Waals surface area contributed by atoms with Crippen molar-refractivity contribution in [3.8, 4) is 0 Å². The average molecular weight is 172 g/mol. The van der Waals surface area contributed by atoms with Crippen LogP contribution in [0.5, 0.6) is 0 Å². The first-order chi connectivity index (χ1) is 5.74. The van der Waals surface area contributed by atoms with Crippen LogP contribution in [0.15, 0.2) is 5.29 Å². The standard InChI is InChI=1S/C8H16N2O2/c1-7(11)6-8-4-2-3-5-10(8)9-12/h7-8,11H,2-6H2,1H3. The summed E-state index contributed by atoms with van der Waals surface area (Å²) < 4.78 is 0. The first-order valence-electron chi connectivity index (χ1n) is 4.52. The topological polar surface area (TPSA) is 52.9 Å². The average Bonchev–Trinajstić information content (AvgIpc) is 2.04. The number of rotatable bonds is 3. The van der Waals surface area contributed by atoms with Crippen molar-refractivity contribution in [1.82, 2.24) is 5.01 Å². The third-order valence-electron chi connectivity index (χ3n) is 2.31. The molecule has 4 heteroatoms. The largest absolute Gasteiger partial charge is 0.393 e. The van der Waals surface area contributed by atoms with Crippen molar-refractivity contribution in [2.45, 2.75) is 44.8 Å². The molecule has 1 aliphatic heterocycles. The summed E-state index contributed by atoms with van der Waals surface area (Å²) in [6, 6.07) is 0.163. The molecule has 0 spiro atoms. The summed E-state index contributed by atoms with van der Waals surface area (Å²) in [5.74, 6) is 0. The minimum Gasteiger partial charge on any atom is -0.393 e. The lowest BCUT2D eigenvalue weighted by Gasteiger charge is -2.31. The normalized spacial score (nSPS) is 26.8. The van der Waals surface area contributed by atoms with Crippen LogP contribution >= 0.6 is 0 Å². The van der Waals surface area contributed by atoms with Gasteiger partial charge in [0.1, 0.15) is 0 Å². The van der Waals surface area contributed by atoms with E-state index in [1.54, 1.807) is 11.9 Å². The van der Waals surface area contributed by atoms with Gasteiger partial charge < -0.3 is 5.11 Å². The Morgan fingerprint density at radius 1 is 1.67 bits per heavy atom. The lowest BCUT2D eigenvalue weighted by Crippen LogP contribution is -2.37. The molecule has 2 unspecified atom stereocenters. The number of hydrogen-bond donors (Lipinski definition) is 1. The fourth-order valence-electron chi connectivity index (χ4n) is 1.73. The quantitative estimate of drug-likeness (QED) is 0.653. The van der Waals surface area contributed by atoms with E-state index in [9.17, 15) is 4.91 Å². The van der Waals surface area contributed by atoms with Crippen molar-refractivity contribution in [2.75, 3.05) is 6.54 Å². The zero-order valence-electron chi connectivity index (χ0n) is 7.44.